The molecule has 0 spiro atoms. The van der Waals surface area contributed by atoms with Gasteiger partial charge in [-0.25, -0.2) is 0 Å². The van der Waals surface area contributed by atoms with Crippen LogP contribution in [-0.4, -0.2) is 36.2 Å². The Morgan fingerprint density at radius 3 is 2.53 bits per heavy atom. The molecule has 0 heterocycles. The fraction of sp³-hybridized carbons (Fsp3) is 0.818. The monoisotopic (exact) mass is 325 g/mol. The predicted molar refractivity (Wildman–Crippen MR) is 78.5 cm³/mol. The number of carbonyl (C=O) groups is 1. The molecule has 0 aromatic carbocycles. The van der Waals surface area contributed by atoms with Crippen molar-refractivity contribution in [3.63, 3.8) is 0 Å². The van der Waals surface area contributed by atoms with E-state index in [0.29, 0.717) is 19.6 Å². The maximum absolute atomic E-state index is 10.6. The van der Waals surface area contributed by atoms with Crippen molar-refractivity contribution in [1.82, 2.24) is 0 Å². The number of Topliss-reactive ketones (excluding diaryl/α,β-unsaturated/α-hetero) is 1. The third-order valence-electron chi connectivity index (χ3n) is 1.97. The van der Waals surface area contributed by atoms with Gasteiger partial charge >= 0.3 is 5.08 Å². The van der Waals surface area contributed by atoms with Crippen molar-refractivity contribution in [1.29, 1.82) is 5.39 Å². The summed E-state index contributed by atoms with van der Waals surface area (Å²) in [6, 6.07) is 0. The maximum Gasteiger partial charge on any atom is 0.338 e. The Morgan fingerprint density at radius 2 is 1.89 bits per heavy atom. The SMILES string of the molecule is CC(=O)CCOCCSSCCC/C(C)=N/[N+]#N.[Cl-]. The largest absolute Gasteiger partial charge is 1.00 e. The van der Waals surface area contributed by atoms with E-state index < -0.39 is 0 Å². The van der Waals surface area contributed by atoms with E-state index in [4.69, 9.17) is 10.1 Å². The lowest BCUT2D eigenvalue weighted by molar-refractivity contribution is -0.118. The van der Waals surface area contributed by atoms with Crippen molar-refractivity contribution < 1.29 is 21.9 Å². The van der Waals surface area contributed by atoms with E-state index in [0.717, 1.165) is 30.1 Å². The van der Waals surface area contributed by atoms with Crippen molar-refractivity contribution in [3.05, 3.63) is 5.08 Å². The molecule has 0 saturated heterocycles. The first-order chi connectivity index (χ1) is 8.66. The third kappa shape index (κ3) is 17.7. The van der Waals surface area contributed by atoms with Crippen LogP contribution in [0.5, 0.6) is 0 Å². The number of rotatable bonds is 11. The molecule has 0 aliphatic rings. The van der Waals surface area contributed by atoms with Crippen molar-refractivity contribution >= 4 is 33.1 Å². The van der Waals surface area contributed by atoms with Crippen LogP contribution in [0.3, 0.4) is 0 Å². The molecule has 0 fully saturated rings. The summed E-state index contributed by atoms with van der Waals surface area (Å²) in [5.74, 6) is 2.14. The summed E-state index contributed by atoms with van der Waals surface area (Å²) in [5.41, 5.74) is 0.843. The van der Waals surface area contributed by atoms with Gasteiger partial charge in [0.2, 0.25) is 0 Å². The molecule has 0 aliphatic heterocycles. The number of hydrogen-bond acceptors (Lipinski definition) is 6. The first kappa shape index (κ1) is 21.0. The second-order valence-electron chi connectivity index (χ2n) is 3.74. The van der Waals surface area contributed by atoms with E-state index in [1.54, 1.807) is 28.5 Å². The molecule has 0 rings (SSSR count). The predicted octanol–water partition coefficient (Wildman–Crippen LogP) is 0.377. The second-order valence-corrected chi connectivity index (χ2v) is 6.44. The lowest BCUT2D eigenvalue weighted by atomic mass is 10.2. The molecule has 8 heteroatoms. The van der Waals surface area contributed by atoms with E-state index in [2.05, 4.69) is 10.2 Å². The normalized spacial score (nSPS) is 10.7. The van der Waals surface area contributed by atoms with Gasteiger partial charge < -0.3 is 17.1 Å². The summed E-state index contributed by atoms with van der Waals surface area (Å²) in [7, 11) is 3.57. The molecule has 0 saturated carbocycles. The van der Waals surface area contributed by atoms with Crippen molar-refractivity contribution in [2.75, 3.05) is 24.7 Å². The fourth-order valence-corrected chi connectivity index (χ4v) is 2.99. The molecule has 0 atom stereocenters. The van der Waals surface area contributed by atoms with E-state index in [1.165, 1.54) is 0 Å². The highest BCUT2D eigenvalue weighted by molar-refractivity contribution is 8.76. The Kier molecular flexibility index (Phi) is 17.4. The highest BCUT2D eigenvalue weighted by Gasteiger charge is 1.98. The summed E-state index contributed by atoms with van der Waals surface area (Å²) >= 11 is 0. The third-order valence-corrected chi connectivity index (χ3v) is 4.43. The van der Waals surface area contributed by atoms with Gasteiger partial charge in [0.25, 0.3) is 5.39 Å². The number of halogens is 1. The highest BCUT2D eigenvalue weighted by atomic mass is 35.5. The van der Waals surface area contributed by atoms with Gasteiger partial charge in [0.1, 0.15) is 11.5 Å². The Labute approximate surface area is 128 Å². The Bertz CT molecular complexity index is 309. The summed E-state index contributed by atoms with van der Waals surface area (Å²) in [6.07, 6.45) is 2.38. The minimum Gasteiger partial charge on any atom is -1.00 e. The first-order valence-corrected chi connectivity index (χ1v) is 8.34. The van der Waals surface area contributed by atoms with Crippen LogP contribution in [-0.2, 0) is 9.53 Å². The van der Waals surface area contributed by atoms with Gasteiger partial charge in [-0.3, -0.25) is 4.79 Å². The lowest BCUT2D eigenvalue weighted by Gasteiger charge is -2.02. The zero-order valence-electron chi connectivity index (χ0n) is 11.3. The molecule has 0 bridgehead atoms. The smallest absolute Gasteiger partial charge is 0.338 e. The summed E-state index contributed by atoms with van der Waals surface area (Å²) in [6.45, 7) is 4.64. The van der Waals surface area contributed by atoms with E-state index >= 15 is 0 Å². The maximum atomic E-state index is 10.6. The molecule has 0 aromatic rings. The minimum absolute atomic E-state index is 0. The van der Waals surface area contributed by atoms with Gasteiger partial charge in [0.05, 0.1) is 13.2 Å². The van der Waals surface area contributed by atoms with Crippen molar-refractivity contribution in [2.24, 2.45) is 5.10 Å². The molecule has 5 nitrogen and oxygen atoms in total. The van der Waals surface area contributed by atoms with Crippen LogP contribution in [0, 0.1) is 5.39 Å². The van der Waals surface area contributed by atoms with Gasteiger partial charge in [0, 0.05) is 17.9 Å². The molecule has 110 valence electrons. The average Bonchev–Trinajstić information content (AvgIpc) is 2.31. The molecule has 0 aromatic heterocycles. The number of nitrogens with zero attached hydrogens (tertiary/aromatic N) is 3. The zero-order valence-corrected chi connectivity index (χ0v) is 13.7. The Balaban J connectivity index is 0. The van der Waals surface area contributed by atoms with Crippen LogP contribution in [0.4, 0.5) is 0 Å². The molecular weight excluding hydrogens is 306 g/mol. The molecule has 0 radical (unpaired) electrons. The number of ether oxygens (including phenoxy) is 1. The number of ketones is 1. The van der Waals surface area contributed by atoms with Crippen LogP contribution in [0.15, 0.2) is 5.10 Å². The van der Waals surface area contributed by atoms with Gasteiger partial charge in [-0.1, -0.05) is 21.6 Å². The van der Waals surface area contributed by atoms with Gasteiger partial charge in [-0.05, 0) is 26.7 Å². The highest BCUT2D eigenvalue weighted by Crippen LogP contribution is 2.22. The van der Waals surface area contributed by atoms with Crippen LogP contribution in [0.25, 0.3) is 5.08 Å². The number of carbonyl (C=O) groups excluding carboxylic acids is 1. The summed E-state index contributed by atoms with van der Waals surface area (Å²) < 4.78 is 5.31. The summed E-state index contributed by atoms with van der Waals surface area (Å²) in [5, 5.41) is 14.5. The van der Waals surface area contributed by atoms with Gasteiger partial charge in [0.15, 0.2) is 5.10 Å². The van der Waals surface area contributed by atoms with Crippen LogP contribution >= 0.6 is 21.6 Å². The van der Waals surface area contributed by atoms with Gasteiger partial charge in [-0.15, -0.1) is 0 Å². The molecular formula is C11H20ClN3O2S2. The lowest BCUT2D eigenvalue weighted by Crippen LogP contribution is -3.00. The number of diazo groups is 1. The molecule has 19 heavy (non-hydrogen) atoms. The standard InChI is InChI=1S/C11H20N3O2S2.ClH/c1-10(13-14-12)4-3-8-17-18-9-7-16-6-5-11(2)15;/h3-9H2,1-2H3;1H/q+1;/p-1/b13-10+;. The average molecular weight is 326 g/mol. The second kappa shape index (κ2) is 15.8. The first-order valence-electron chi connectivity index (χ1n) is 5.86. The fourth-order valence-electron chi connectivity index (χ4n) is 1.04. The zero-order chi connectivity index (χ0) is 13.6. The topological polar surface area (TPSA) is 66.8 Å². The molecule has 0 aliphatic carbocycles. The van der Waals surface area contributed by atoms with Crippen LogP contribution in [0.2, 0.25) is 0 Å². The van der Waals surface area contributed by atoms with E-state index in [9.17, 15) is 4.79 Å². The minimum atomic E-state index is 0. The van der Waals surface area contributed by atoms with Crippen LogP contribution in [0.1, 0.15) is 33.1 Å². The quantitative estimate of drug-likeness (QED) is 0.181. The molecule has 0 unspecified atom stereocenters. The van der Waals surface area contributed by atoms with Crippen LogP contribution < -0.4 is 12.4 Å². The Morgan fingerprint density at radius 1 is 1.21 bits per heavy atom. The van der Waals surface area contributed by atoms with Crippen molar-refractivity contribution in [3.8, 4) is 0 Å². The molecule has 0 N–H and O–H groups in total. The van der Waals surface area contributed by atoms with Gasteiger partial charge in [-0.2, -0.15) is 0 Å². The van der Waals surface area contributed by atoms with E-state index in [1.807, 2.05) is 6.92 Å². The number of hydrogen-bond donors (Lipinski definition) is 0. The van der Waals surface area contributed by atoms with Crippen molar-refractivity contribution in [2.45, 2.75) is 33.1 Å². The molecule has 0 amide bonds. The summed E-state index contributed by atoms with van der Waals surface area (Å²) in [4.78, 5) is 10.6. The van der Waals surface area contributed by atoms with E-state index in [-0.39, 0.29) is 18.2 Å². The Hall–Kier alpha value is -0.290.